The van der Waals surface area contributed by atoms with Gasteiger partial charge in [0.2, 0.25) is 5.91 Å². The molecule has 3 N–H and O–H groups in total. The normalized spacial score (nSPS) is 21.8. The molecule has 7 heteroatoms. The fourth-order valence-corrected chi connectivity index (χ4v) is 2.46. The van der Waals surface area contributed by atoms with Crippen molar-refractivity contribution >= 4 is 30.7 Å². The summed E-state index contributed by atoms with van der Waals surface area (Å²) in [7, 11) is 0. The van der Waals surface area contributed by atoms with Gasteiger partial charge in [0.1, 0.15) is 0 Å². The van der Waals surface area contributed by atoms with Gasteiger partial charge in [0.25, 0.3) is 0 Å². The van der Waals surface area contributed by atoms with Crippen LogP contribution in [-0.4, -0.2) is 59.8 Å². The highest BCUT2D eigenvalue weighted by Crippen LogP contribution is 2.06. The molecule has 2 unspecified atom stereocenters. The molecule has 1 fully saturated rings. The van der Waals surface area contributed by atoms with E-state index in [1.54, 1.807) is 0 Å². The Labute approximate surface area is 134 Å². The van der Waals surface area contributed by atoms with Crippen molar-refractivity contribution in [3.8, 4) is 0 Å². The molecule has 0 bridgehead atoms. The van der Waals surface area contributed by atoms with E-state index >= 15 is 0 Å². The molecule has 0 aromatic carbocycles. The number of halogens is 2. The molecular formula is C13H29Cl2N3O2. The number of nitrogens with zero attached hydrogens (tertiary/aromatic N) is 1. The molecule has 1 saturated heterocycles. The van der Waals surface area contributed by atoms with Crippen molar-refractivity contribution in [2.45, 2.75) is 58.3 Å². The monoisotopic (exact) mass is 329 g/mol. The second kappa shape index (κ2) is 10.6. The fourth-order valence-electron chi connectivity index (χ4n) is 2.46. The highest BCUT2D eigenvalue weighted by atomic mass is 35.5. The zero-order valence-corrected chi connectivity index (χ0v) is 14.4. The second-order valence-corrected chi connectivity index (χ2v) is 5.57. The number of nitrogens with one attached hydrogen (secondary N) is 2. The lowest BCUT2D eigenvalue weighted by molar-refractivity contribution is -0.123. The largest absolute Gasteiger partial charge is 0.392 e. The number of hydrogen-bond donors (Lipinski definition) is 3. The van der Waals surface area contributed by atoms with Crippen molar-refractivity contribution in [2.24, 2.45) is 0 Å². The van der Waals surface area contributed by atoms with Gasteiger partial charge < -0.3 is 15.7 Å². The van der Waals surface area contributed by atoms with E-state index in [1.807, 2.05) is 0 Å². The van der Waals surface area contributed by atoms with Gasteiger partial charge in [-0.05, 0) is 34.1 Å². The van der Waals surface area contributed by atoms with Crippen LogP contribution in [0.4, 0.5) is 0 Å². The van der Waals surface area contributed by atoms with Crippen LogP contribution in [0.15, 0.2) is 0 Å². The zero-order chi connectivity index (χ0) is 13.7. The first kappa shape index (κ1) is 22.2. The van der Waals surface area contributed by atoms with E-state index < -0.39 is 0 Å². The predicted molar refractivity (Wildman–Crippen MR) is 86.9 cm³/mol. The third-order valence-corrected chi connectivity index (χ3v) is 3.42. The van der Waals surface area contributed by atoms with Crippen LogP contribution in [-0.2, 0) is 4.79 Å². The Morgan fingerprint density at radius 3 is 2.25 bits per heavy atom. The predicted octanol–water partition coefficient (Wildman–Crippen LogP) is 0.788. The molecule has 20 heavy (non-hydrogen) atoms. The van der Waals surface area contributed by atoms with E-state index in [-0.39, 0.29) is 42.9 Å². The lowest BCUT2D eigenvalue weighted by Crippen LogP contribution is -2.46. The Bertz CT molecular complexity index is 270. The highest BCUT2D eigenvalue weighted by Gasteiger charge is 2.27. The Kier molecular flexibility index (Phi) is 11.8. The van der Waals surface area contributed by atoms with Gasteiger partial charge in [-0.15, -0.1) is 24.8 Å². The van der Waals surface area contributed by atoms with Gasteiger partial charge >= 0.3 is 0 Å². The quantitative estimate of drug-likeness (QED) is 0.674. The van der Waals surface area contributed by atoms with Gasteiger partial charge in [-0.25, -0.2) is 0 Å². The minimum absolute atomic E-state index is 0. The summed E-state index contributed by atoms with van der Waals surface area (Å²) in [6.07, 6.45) is 0.132. The summed E-state index contributed by atoms with van der Waals surface area (Å²) < 4.78 is 0. The van der Waals surface area contributed by atoms with Crippen LogP contribution >= 0.6 is 24.8 Å². The maximum atomic E-state index is 11.8. The molecule has 0 radical (unpaired) electrons. The molecule has 1 aliphatic heterocycles. The Morgan fingerprint density at radius 2 is 1.85 bits per heavy atom. The van der Waals surface area contributed by atoms with Crippen LogP contribution in [0.5, 0.6) is 0 Å². The SMILES string of the molecule is CC(C)N(CCNC(=O)C1CC(O)CN1)C(C)C.Cl.Cl. The fraction of sp³-hybridized carbons (Fsp3) is 0.923. The number of hydrogen-bond acceptors (Lipinski definition) is 4. The van der Waals surface area contributed by atoms with E-state index in [0.717, 1.165) is 6.54 Å². The standard InChI is InChI=1S/C13H27N3O2.2ClH/c1-9(2)16(10(3)4)6-5-14-13(18)12-7-11(17)8-15-12;;/h9-12,15,17H,5-8H2,1-4H3,(H,14,18);2*1H. The third kappa shape index (κ3) is 7.09. The average molecular weight is 330 g/mol. The lowest BCUT2D eigenvalue weighted by Gasteiger charge is -2.30. The molecule has 5 nitrogen and oxygen atoms in total. The van der Waals surface area contributed by atoms with Crippen molar-refractivity contribution < 1.29 is 9.90 Å². The number of amides is 1. The molecular weight excluding hydrogens is 301 g/mol. The van der Waals surface area contributed by atoms with Crippen LogP contribution in [0.1, 0.15) is 34.1 Å². The van der Waals surface area contributed by atoms with Crippen molar-refractivity contribution in [3.05, 3.63) is 0 Å². The molecule has 0 spiro atoms. The number of β-amino-alcohol motifs (C(OH)–C–C–N with tert-alkyl or cyclic N) is 1. The molecule has 1 amide bonds. The van der Waals surface area contributed by atoms with Crippen molar-refractivity contribution in [1.82, 2.24) is 15.5 Å². The molecule has 2 atom stereocenters. The van der Waals surface area contributed by atoms with E-state index in [1.165, 1.54) is 0 Å². The molecule has 1 heterocycles. The van der Waals surface area contributed by atoms with Crippen molar-refractivity contribution in [3.63, 3.8) is 0 Å². The first-order valence-corrected chi connectivity index (χ1v) is 6.86. The molecule has 1 aliphatic rings. The Balaban J connectivity index is 0. The first-order chi connectivity index (χ1) is 8.41. The van der Waals surface area contributed by atoms with Gasteiger partial charge in [0.15, 0.2) is 0 Å². The summed E-state index contributed by atoms with van der Waals surface area (Å²) in [6.45, 7) is 10.7. The van der Waals surface area contributed by atoms with Gasteiger partial charge in [0.05, 0.1) is 12.1 Å². The van der Waals surface area contributed by atoms with Crippen molar-refractivity contribution in [2.75, 3.05) is 19.6 Å². The highest BCUT2D eigenvalue weighted by molar-refractivity contribution is 5.85. The van der Waals surface area contributed by atoms with E-state index in [4.69, 9.17) is 0 Å². The summed E-state index contributed by atoms with van der Waals surface area (Å²) in [5.74, 6) is -0.000915. The van der Waals surface area contributed by atoms with E-state index in [0.29, 0.717) is 31.6 Å². The number of aliphatic hydroxyl groups is 1. The average Bonchev–Trinajstić information content (AvgIpc) is 2.69. The summed E-state index contributed by atoms with van der Waals surface area (Å²) in [4.78, 5) is 14.2. The molecule has 1 rings (SSSR count). The Hall–Kier alpha value is -0.0700. The van der Waals surface area contributed by atoms with E-state index in [2.05, 4.69) is 43.2 Å². The molecule has 0 aromatic rings. The summed E-state index contributed by atoms with van der Waals surface area (Å²) in [5.41, 5.74) is 0. The van der Waals surface area contributed by atoms with Crippen LogP contribution in [0.2, 0.25) is 0 Å². The topological polar surface area (TPSA) is 64.6 Å². The number of carbonyl (C=O) groups excluding carboxylic acids is 1. The minimum atomic E-state index is -0.386. The zero-order valence-electron chi connectivity index (χ0n) is 12.8. The summed E-state index contributed by atoms with van der Waals surface area (Å²) in [5, 5.41) is 15.3. The maximum Gasteiger partial charge on any atom is 0.237 e. The van der Waals surface area contributed by atoms with Crippen LogP contribution in [0.25, 0.3) is 0 Å². The molecule has 0 aromatic heterocycles. The Morgan fingerprint density at radius 1 is 1.30 bits per heavy atom. The van der Waals surface area contributed by atoms with Gasteiger partial charge in [-0.3, -0.25) is 9.69 Å². The van der Waals surface area contributed by atoms with Crippen LogP contribution in [0.3, 0.4) is 0 Å². The van der Waals surface area contributed by atoms with Gasteiger partial charge in [-0.1, -0.05) is 0 Å². The molecule has 122 valence electrons. The minimum Gasteiger partial charge on any atom is -0.392 e. The lowest BCUT2D eigenvalue weighted by atomic mass is 10.2. The van der Waals surface area contributed by atoms with Crippen LogP contribution < -0.4 is 10.6 Å². The smallest absolute Gasteiger partial charge is 0.237 e. The number of aliphatic hydroxyl groups excluding tert-OH is 1. The first-order valence-electron chi connectivity index (χ1n) is 6.86. The van der Waals surface area contributed by atoms with Crippen LogP contribution in [0, 0.1) is 0 Å². The maximum absolute atomic E-state index is 11.8. The van der Waals surface area contributed by atoms with Crippen molar-refractivity contribution in [1.29, 1.82) is 0 Å². The number of carbonyl (C=O) groups is 1. The molecule has 0 saturated carbocycles. The third-order valence-electron chi connectivity index (χ3n) is 3.42. The summed E-state index contributed by atoms with van der Waals surface area (Å²) in [6, 6.07) is 0.730. The van der Waals surface area contributed by atoms with Gasteiger partial charge in [0, 0.05) is 31.7 Å². The van der Waals surface area contributed by atoms with Gasteiger partial charge in [-0.2, -0.15) is 0 Å². The molecule has 0 aliphatic carbocycles. The second-order valence-electron chi connectivity index (χ2n) is 5.57. The van der Waals surface area contributed by atoms with E-state index in [9.17, 15) is 9.90 Å². The summed E-state index contributed by atoms with van der Waals surface area (Å²) >= 11 is 0. The number of rotatable bonds is 6.